The fourth-order valence-electron chi connectivity index (χ4n) is 3.09. The van der Waals surface area contributed by atoms with Gasteiger partial charge in [0.15, 0.2) is 0 Å². The van der Waals surface area contributed by atoms with Gasteiger partial charge >= 0.3 is 0 Å². The van der Waals surface area contributed by atoms with Gasteiger partial charge in [0, 0.05) is 17.7 Å². The SMILES string of the molecule is CC(C)CNc1ncnc2oc(-c3ccc(O)cc3)c(-c3ccc(O)cc3)c12. The van der Waals surface area contributed by atoms with Gasteiger partial charge in [0.25, 0.3) is 0 Å². The summed E-state index contributed by atoms with van der Waals surface area (Å²) < 4.78 is 6.12. The number of nitrogens with zero attached hydrogens (tertiary/aromatic N) is 2. The van der Waals surface area contributed by atoms with Gasteiger partial charge in [0.05, 0.1) is 5.39 Å². The van der Waals surface area contributed by atoms with Crippen LogP contribution in [0.25, 0.3) is 33.6 Å². The minimum Gasteiger partial charge on any atom is -0.508 e. The van der Waals surface area contributed by atoms with E-state index in [9.17, 15) is 10.2 Å². The molecule has 0 fully saturated rings. The largest absolute Gasteiger partial charge is 0.508 e. The third kappa shape index (κ3) is 3.36. The predicted molar refractivity (Wildman–Crippen MR) is 109 cm³/mol. The van der Waals surface area contributed by atoms with E-state index in [4.69, 9.17) is 4.42 Å². The van der Waals surface area contributed by atoms with Crippen molar-refractivity contribution in [2.24, 2.45) is 5.92 Å². The molecule has 4 aromatic rings. The first-order chi connectivity index (χ1) is 13.5. The Kier molecular flexibility index (Phi) is 4.61. The molecule has 6 nitrogen and oxygen atoms in total. The highest BCUT2D eigenvalue weighted by molar-refractivity contribution is 6.05. The number of phenols is 2. The van der Waals surface area contributed by atoms with Crippen molar-refractivity contribution in [3.05, 3.63) is 54.9 Å². The molecule has 0 amide bonds. The molecule has 0 aliphatic rings. The number of furan rings is 1. The number of rotatable bonds is 5. The summed E-state index contributed by atoms with van der Waals surface area (Å²) in [6.45, 7) is 5.02. The number of aromatic nitrogens is 2. The molecule has 0 atom stereocenters. The number of aromatic hydroxyl groups is 2. The van der Waals surface area contributed by atoms with Gasteiger partial charge in [-0.3, -0.25) is 0 Å². The van der Waals surface area contributed by atoms with Crippen molar-refractivity contribution < 1.29 is 14.6 Å². The Labute approximate surface area is 162 Å². The smallest absolute Gasteiger partial charge is 0.232 e. The van der Waals surface area contributed by atoms with Crippen molar-refractivity contribution in [3.63, 3.8) is 0 Å². The van der Waals surface area contributed by atoms with E-state index in [1.54, 1.807) is 36.4 Å². The van der Waals surface area contributed by atoms with Crippen LogP contribution in [0.1, 0.15) is 13.8 Å². The van der Waals surface area contributed by atoms with Gasteiger partial charge in [-0.2, -0.15) is 0 Å². The van der Waals surface area contributed by atoms with E-state index in [1.165, 1.54) is 6.33 Å². The lowest BCUT2D eigenvalue weighted by atomic mass is 9.99. The third-order valence-electron chi connectivity index (χ3n) is 4.45. The molecule has 0 saturated carbocycles. The molecule has 0 radical (unpaired) electrons. The Balaban J connectivity index is 1.98. The van der Waals surface area contributed by atoms with Crippen molar-refractivity contribution in [3.8, 4) is 33.9 Å². The molecule has 2 heterocycles. The molecule has 28 heavy (non-hydrogen) atoms. The fourth-order valence-corrected chi connectivity index (χ4v) is 3.09. The number of hydrogen-bond acceptors (Lipinski definition) is 6. The summed E-state index contributed by atoms with van der Waals surface area (Å²) in [6.07, 6.45) is 1.48. The molecule has 0 unspecified atom stereocenters. The molecule has 2 aromatic carbocycles. The number of benzene rings is 2. The van der Waals surface area contributed by atoms with Crippen molar-refractivity contribution in [1.82, 2.24) is 9.97 Å². The summed E-state index contributed by atoms with van der Waals surface area (Å²) in [7, 11) is 0. The van der Waals surface area contributed by atoms with E-state index in [0.29, 0.717) is 23.2 Å². The van der Waals surface area contributed by atoms with Gasteiger partial charge in [-0.15, -0.1) is 0 Å². The van der Waals surface area contributed by atoms with E-state index in [2.05, 4.69) is 29.1 Å². The lowest BCUT2D eigenvalue weighted by Crippen LogP contribution is -2.09. The Bertz CT molecular complexity index is 1100. The van der Waals surface area contributed by atoms with E-state index in [1.807, 2.05) is 12.1 Å². The van der Waals surface area contributed by atoms with Gasteiger partial charge in [0.1, 0.15) is 29.4 Å². The van der Waals surface area contributed by atoms with Gasteiger partial charge in [-0.25, -0.2) is 9.97 Å². The number of fused-ring (bicyclic) bond motifs is 1. The number of phenolic OH excluding ortho intramolecular Hbond substituents is 2. The van der Waals surface area contributed by atoms with Crippen LogP contribution in [-0.2, 0) is 0 Å². The zero-order valence-electron chi connectivity index (χ0n) is 15.7. The number of anilines is 1. The minimum atomic E-state index is 0.185. The lowest BCUT2D eigenvalue weighted by molar-refractivity contribution is 0.475. The summed E-state index contributed by atoms with van der Waals surface area (Å²) in [4.78, 5) is 8.75. The van der Waals surface area contributed by atoms with Gasteiger partial charge in [-0.1, -0.05) is 26.0 Å². The molecule has 0 bridgehead atoms. The monoisotopic (exact) mass is 375 g/mol. The first-order valence-corrected chi connectivity index (χ1v) is 9.13. The highest BCUT2D eigenvalue weighted by Gasteiger charge is 2.22. The maximum Gasteiger partial charge on any atom is 0.232 e. The van der Waals surface area contributed by atoms with Gasteiger partial charge in [0.2, 0.25) is 5.71 Å². The summed E-state index contributed by atoms with van der Waals surface area (Å²) in [5, 5.41) is 23.5. The van der Waals surface area contributed by atoms with Crippen LogP contribution in [0.3, 0.4) is 0 Å². The molecule has 4 rings (SSSR count). The van der Waals surface area contributed by atoms with Crippen LogP contribution in [-0.4, -0.2) is 26.7 Å². The molecular weight excluding hydrogens is 354 g/mol. The van der Waals surface area contributed by atoms with Crippen LogP contribution in [0.2, 0.25) is 0 Å². The average molecular weight is 375 g/mol. The zero-order valence-corrected chi connectivity index (χ0v) is 15.7. The summed E-state index contributed by atoms with van der Waals surface area (Å²) in [6, 6.07) is 13.8. The zero-order chi connectivity index (χ0) is 19.7. The quantitative estimate of drug-likeness (QED) is 0.453. The Morgan fingerprint density at radius 3 is 2.11 bits per heavy atom. The minimum absolute atomic E-state index is 0.185. The average Bonchev–Trinajstić information content (AvgIpc) is 3.07. The lowest BCUT2D eigenvalue weighted by Gasteiger charge is -2.10. The van der Waals surface area contributed by atoms with E-state index in [-0.39, 0.29) is 11.5 Å². The third-order valence-corrected chi connectivity index (χ3v) is 4.45. The summed E-state index contributed by atoms with van der Waals surface area (Å²) in [5.41, 5.74) is 3.01. The Hall–Kier alpha value is -3.54. The van der Waals surface area contributed by atoms with Crippen molar-refractivity contribution in [1.29, 1.82) is 0 Å². The van der Waals surface area contributed by atoms with E-state index < -0.39 is 0 Å². The van der Waals surface area contributed by atoms with Gasteiger partial charge < -0.3 is 19.9 Å². The first kappa shape index (κ1) is 17.9. The predicted octanol–water partition coefficient (Wildman–Crippen LogP) is 5.04. The van der Waals surface area contributed by atoms with Crippen molar-refractivity contribution >= 4 is 16.9 Å². The van der Waals surface area contributed by atoms with Crippen LogP contribution >= 0.6 is 0 Å². The molecule has 142 valence electrons. The summed E-state index contributed by atoms with van der Waals surface area (Å²) >= 11 is 0. The molecule has 0 aliphatic carbocycles. The van der Waals surface area contributed by atoms with Crippen molar-refractivity contribution in [2.75, 3.05) is 11.9 Å². The van der Waals surface area contributed by atoms with Crippen LogP contribution < -0.4 is 5.32 Å². The topological polar surface area (TPSA) is 91.4 Å². The first-order valence-electron chi connectivity index (χ1n) is 9.13. The second kappa shape index (κ2) is 7.23. The molecule has 6 heteroatoms. The maximum absolute atomic E-state index is 9.70. The standard InChI is InChI=1S/C22H21N3O3/c1-13(2)11-23-21-19-18(14-3-7-16(26)8-4-14)20(28-22(19)25-12-24-21)15-5-9-17(27)10-6-15/h3-10,12-13,26-27H,11H2,1-2H3,(H,23,24,25). The normalized spacial score (nSPS) is 11.2. The second-order valence-corrected chi connectivity index (χ2v) is 7.08. The van der Waals surface area contributed by atoms with Crippen LogP contribution in [0.4, 0.5) is 5.82 Å². The van der Waals surface area contributed by atoms with Crippen LogP contribution in [0.5, 0.6) is 11.5 Å². The number of hydrogen-bond donors (Lipinski definition) is 3. The maximum atomic E-state index is 9.70. The molecule has 0 saturated heterocycles. The van der Waals surface area contributed by atoms with Crippen LogP contribution in [0.15, 0.2) is 59.3 Å². The second-order valence-electron chi connectivity index (χ2n) is 7.08. The molecular formula is C22H21N3O3. The van der Waals surface area contributed by atoms with E-state index >= 15 is 0 Å². The summed E-state index contributed by atoms with van der Waals surface area (Å²) in [5.74, 6) is 2.16. The molecule has 3 N–H and O–H groups in total. The molecule has 0 spiro atoms. The fraction of sp³-hybridized carbons (Fsp3) is 0.182. The van der Waals surface area contributed by atoms with E-state index in [0.717, 1.165) is 28.6 Å². The van der Waals surface area contributed by atoms with Gasteiger partial charge in [-0.05, 0) is 47.9 Å². The molecule has 0 aliphatic heterocycles. The Morgan fingerprint density at radius 1 is 0.893 bits per heavy atom. The van der Waals surface area contributed by atoms with Crippen LogP contribution in [0, 0.1) is 5.92 Å². The van der Waals surface area contributed by atoms with Crippen molar-refractivity contribution in [2.45, 2.75) is 13.8 Å². The highest BCUT2D eigenvalue weighted by Crippen LogP contribution is 2.43. The molecule has 2 aromatic heterocycles. The Morgan fingerprint density at radius 2 is 1.50 bits per heavy atom. The highest BCUT2D eigenvalue weighted by atomic mass is 16.3. The number of nitrogens with one attached hydrogen (secondary N) is 1.